The Morgan fingerprint density at radius 1 is 1.30 bits per heavy atom. The van der Waals surface area contributed by atoms with Gasteiger partial charge in [-0.25, -0.2) is 14.4 Å². The molecule has 0 radical (unpaired) electrons. The van der Waals surface area contributed by atoms with E-state index in [1.165, 1.54) is 24.5 Å². The van der Waals surface area contributed by atoms with Crippen molar-refractivity contribution in [3.8, 4) is 0 Å². The van der Waals surface area contributed by atoms with Crippen LogP contribution < -0.4 is 5.32 Å². The number of nitrogens with one attached hydrogen (secondary N) is 1. The van der Waals surface area contributed by atoms with E-state index < -0.39 is 0 Å². The highest BCUT2D eigenvalue weighted by Gasteiger charge is 1.99. The quantitative estimate of drug-likeness (QED) is 0.868. The van der Waals surface area contributed by atoms with Gasteiger partial charge < -0.3 is 5.32 Å². The number of rotatable bonds is 4. The van der Waals surface area contributed by atoms with Crippen molar-refractivity contribution in [3.63, 3.8) is 0 Å². The van der Waals surface area contributed by atoms with Crippen LogP contribution >= 0.6 is 0 Å². The number of hydrogen-bond donors (Lipinski definition) is 1. The van der Waals surface area contributed by atoms with Gasteiger partial charge in [-0.2, -0.15) is 0 Å². The first kappa shape index (κ1) is 13.9. The Kier molecular flexibility index (Phi) is 4.55. The zero-order chi connectivity index (χ0) is 14.4. The van der Waals surface area contributed by atoms with Gasteiger partial charge in [0.05, 0.1) is 12.2 Å². The summed E-state index contributed by atoms with van der Waals surface area (Å²) < 4.78 is 12.7. The number of aromatic nitrogens is 2. The second kappa shape index (κ2) is 6.56. The molecule has 0 aliphatic carbocycles. The first-order chi connectivity index (χ1) is 9.63. The molecule has 1 heterocycles. The molecule has 2 aromatic rings. The van der Waals surface area contributed by atoms with Gasteiger partial charge in [0.1, 0.15) is 12.1 Å². The van der Waals surface area contributed by atoms with Gasteiger partial charge in [0.15, 0.2) is 0 Å². The molecule has 0 aliphatic heterocycles. The molecule has 1 N–H and O–H groups in total. The second-order valence-electron chi connectivity index (χ2n) is 4.25. The van der Waals surface area contributed by atoms with Gasteiger partial charge in [-0.1, -0.05) is 12.1 Å². The molecule has 0 aliphatic rings. The number of aryl methyl sites for hydroxylation is 1. The van der Waals surface area contributed by atoms with Crippen molar-refractivity contribution in [1.29, 1.82) is 0 Å². The number of halogens is 1. The highest BCUT2D eigenvalue weighted by molar-refractivity contribution is 5.91. The van der Waals surface area contributed by atoms with E-state index in [9.17, 15) is 9.18 Å². The third-order valence-corrected chi connectivity index (χ3v) is 2.60. The van der Waals surface area contributed by atoms with E-state index in [-0.39, 0.29) is 11.7 Å². The Morgan fingerprint density at radius 2 is 2.05 bits per heavy atom. The maximum Gasteiger partial charge on any atom is 0.244 e. The van der Waals surface area contributed by atoms with Crippen LogP contribution in [-0.2, 0) is 11.3 Å². The predicted molar refractivity (Wildman–Crippen MR) is 74.0 cm³/mol. The summed E-state index contributed by atoms with van der Waals surface area (Å²) in [6.07, 6.45) is 4.49. The molecule has 1 aromatic heterocycles. The average molecular weight is 271 g/mol. The van der Waals surface area contributed by atoms with Gasteiger partial charge in [-0.3, -0.25) is 4.79 Å². The van der Waals surface area contributed by atoms with Crippen LogP contribution in [0.2, 0.25) is 0 Å². The van der Waals surface area contributed by atoms with E-state index in [1.807, 2.05) is 13.0 Å². The van der Waals surface area contributed by atoms with E-state index in [4.69, 9.17) is 0 Å². The Hall–Kier alpha value is -2.56. The number of carbonyl (C=O) groups is 1. The number of amides is 1. The zero-order valence-electron chi connectivity index (χ0n) is 11.0. The monoisotopic (exact) mass is 271 g/mol. The van der Waals surface area contributed by atoms with Gasteiger partial charge in [-0.05, 0) is 36.8 Å². The fraction of sp³-hybridized carbons (Fsp3) is 0.133. The van der Waals surface area contributed by atoms with Crippen LogP contribution in [0.15, 0.2) is 42.7 Å². The summed E-state index contributed by atoms with van der Waals surface area (Å²) in [5.41, 5.74) is 2.37. The molecule has 0 saturated carbocycles. The normalized spacial score (nSPS) is 10.7. The standard InChI is InChI=1S/C15H14FN3O/c1-11-8-14(19-10-18-11)9-17-15(20)7-4-12-2-5-13(16)6-3-12/h2-8,10H,9H2,1H3,(H,17,20). The molecule has 0 spiro atoms. The lowest BCUT2D eigenvalue weighted by molar-refractivity contribution is -0.116. The van der Waals surface area contributed by atoms with Crippen LogP contribution in [0.5, 0.6) is 0 Å². The summed E-state index contributed by atoms with van der Waals surface area (Å²) in [5.74, 6) is -0.531. The topological polar surface area (TPSA) is 54.9 Å². The van der Waals surface area contributed by atoms with Crippen molar-refractivity contribution < 1.29 is 9.18 Å². The lowest BCUT2D eigenvalue weighted by atomic mass is 10.2. The number of nitrogens with zero attached hydrogens (tertiary/aromatic N) is 2. The fourth-order valence-corrected chi connectivity index (χ4v) is 1.59. The molecular weight excluding hydrogens is 257 g/mol. The molecule has 0 atom stereocenters. The molecule has 0 bridgehead atoms. The summed E-state index contributed by atoms with van der Waals surface area (Å²) >= 11 is 0. The summed E-state index contributed by atoms with van der Waals surface area (Å²) in [6, 6.07) is 7.71. The van der Waals surface area contributed by atoms with E-state index >= 15 is 0 Å². The van der Waals surface area contributed by atoms with Gasteiger partial charge in [0, 0.05) is 11.8 Å². The van der Waals surface area contributed by atoms with Gasteiger partial charge in [0.2, 0.25) is 5.91 Å². The van der Waals surface area contributed by atoms with Crippen molar-refractivity contribution in [1.82, 2.24) is 15.3 Å². The van der Waals surface area contributed by atoms with E-state index in [0.29, 0.717) is 6.54 Å². The lowest BCUT2D eigenvalue weighted by Gasteiger charge is -2.02. The molecule has 0 fully saturated rings. The smallest absolute Gasteiger partial charge is 0.244 e. The molecule has 4 nitrogen and oxygen atoms in total. The van der Waals surface area contributed by atoms with E-state index in [1.54, 1.807) is 18.2 Å². The van der Waals surface area contributed by atoms with Gasteiger partial charge in [0.25, 0.3) is 0 Å². The number of hydrogen-bond acceptors (Lipinski definition) is 3. The maximum atomic E-state index is 12.7. The highest BCUT2D eigenvalue weighted by atomic mass is 19.1. The SMILES string of the molecule is Cc1cc(CNC(=O)C=Cc2ccc(F)cc2)ncn1. The molecular formula is C15H14FN3O. The predicted octanol–water partition coefficient (Wildman–Crippen LogP) is 2.25. The molecule has 0 unspecified atom stereocenters. The minimum atomic E-state index is -0.300. The zero-order valence-corrected chi connectivity index (χ0v) is 11.0. The van der Waals surface area contributed by atoms with Gasteiger partial charge >= 0.3 is 0 Å². The summed E-state index contributed by atoms with van der Waals surface area (Å²) in [5, 5.41) is 2.72. The second-order valence-corrected chi connectivity index (χ2v) is 4.25. The molecule has 5 heteroatoms. The van der Waals surface area contributed by atoms with Crippen molar-refractivity contribution >= 4 is 12.0 Å². The summed E-state index contributed by atoms with van der Waals surface area (Å²) in [6.45, 7) is 2.21. The maximum absolute atomic E-state index is 12.7. The van der Waals surface area contributed by atoms with Crippen LogP contribution in [0.3, 0.4) is 0 Å². The summed E-state index contributed by atoms with van der Waals surface area (Å²) in [7, 11) is 0. The fourth-order valence-electron chi connectivity index (χ4n) is 1.59. The third-order valence-electron chi connectivity index (χ3n) is 2.60. The highest BCUT2D eigenvalue weighted by Crippen LogP contribution is 2.04. The van der Waals surface area contributed by atoms with Crippen LogP contribution in [0.25, 0.3) is 6.08 Å². The van der Waals surface area contributed by atoms with Crippen LogP contribution in [-0.4, -0.2) is 15.9 Å². The van der Waals surface area contributed by atoms with Crippen molar-refractivity contribution in [2.45, 2.75) is 13.5 Å². The minimum Gasteiger partial charge on any atom is -0.347 e. The number of carbonyl (C=O) groups excluding carboxylic acids is 1. The Labute approximate surface area is 116 Å². The molecule has 2 rings (SSSR count). The first-order valence-electron chi connectivity index (χ1n) is 6.12. The Balaban J connectivity index is 1.88. The van der Waals surface area contributed by atoms with E-state index in [0.717, 1.165) is 17.0 Å². The molecule has 102 valence electrons. The average Bonchev–Trinajstić information content (AvgIpc) is 2.45. The van der Waals surface area contributed by atoms with Gasteiger partial charge in [-0.15, -0.1) is 0 Å². The van der Waals surface area contributed by atoms with Crippen molar-refractivity contribution in [2.24, 2.45) is 0 Å². The van der Waals surface area contributed by atoms with Crippen LogP contribution in [0.4, 0.5) is 4.39 Å². The van der Waals surface area contributed by atoms with Crippen molar-refractivity contribution in [2.75, 3.05) is 0 Å². The lowest BCUT2D eigenvalue weighted by Crippen LogP contribution is -2.21. The van der Waals surface area contributed by atoms with E-state index in [2.05, 4.69) is 15.3 Å². The molecule has 0 saturated heterocycles. The third kappa shape index (κ3) is 4.28. The molecule has 20 heavy (non-hydrogen) atoms. The minimum absolute atomic E-state index is 0.231. The molecule has 1 amide bonds. The summed E-state index contributed by atoms with van der Waals surface area (Å²) in [4.78, 5) is 19.7. The molecule has 1 aromatic carbocycles. The van der Waals surface area contributed by atoms with Crippen LogP contribution in [0, 0.1) is 12.7 Å². The Morgan fingerprint density at radius 3 is 2.75 bits per heavy atom. The van der Waals surface area contributed by atoms with Crippen molar-refractivity contribution in [3.05, 3.63) is 65.5 Å². The first-order valence-corrected chi connectivity index (χ1v) is 6.12. The van der Waals surface area contributed by atoms with Crippen LogP contribution in [0.1, 0.15) is 17.0 Å². The number of benzene rings is 1. The Bertz CT molecular complexity index is 623. The largest absolute Gasteiger partial charge is 0.347 e.